The summed E-state index contributed by atoms with van der Waals surface area (Å²) in [6.45, 7) is 3.53. The van der Waals surface area contributed by atoms with E-state index in [0.717, 1.165) is 53.0 Å². The highest BCUT2D eigenvalue weighted by Gasteiger charge is 2.25. The van der Waals surface area contributed by atoms with Crippen molar-refractivity contribution >= 4 is 29.1 Å². The van der Waals surface area contributed by atoms with E-state index in [2.05, 4.69) is 17.3 Å². The number of benzene rings is 2. The van der Waals surface area contributed by atoms with Crippen molar-refractivity contribution in [3.05, 3.63) is 105 Å². The Hall–Kier alpha value is -3.83. The summed E-state index contributed by atoms with van der Waals surface area (Å²) >= 11 is 12.7. The molecule has 1 aliphatic rings. The standard InChI is InChI=1S/C29H25Cl2N5O2/c1-20-27(29(37)33-34-15-3-2-4-16-34)32-36(26-14-13-24(30)18-25(26)31)28(20)23-11-9-21(10-12-23)7-8-22-6-5-17-35(38)19-22/h5-6,9-14,17-19H,2-4,15-16H2,1H3,(H,33,37). The molecule has 3 heterocycles. The van der Waals surface area contributed by atoms with E-state index in [1.54, 1.807) is 35.0 Å². The average Bonchev–Trinajstić information content (AvgIpc) is 3.25. The van der Waals surface area contributed by atoms with Crippen molar-refractivity contribution in [2.75, 3.05) is 13.1 Å². The maximum Gasteiger partial charge on any atom is 0.286 e. The number of hydrogen-bond acceptors (Lipinski definition) is 4. The highest BCUT2D eigenvalue weighted by atomic mass is 35.5. The highest BCUT2D eigenvalue weighted by Crippen LogP contribution is 2.33. The number of hydrogen-bond donors (Lipinski definition) is 1. The van der Waals surface area contributed by atoms with Crippen LogP contribution in [0.15, 0.2) is 67.0 Å². The van der Waals surface area contributed by atoms with Crippen LogP contribution in [0.3, 0.4) is 0 Å². The van der Waals surface area contributed by atoms with Gasteiger partial charge in [-0.3, -0.25) is 10.2 Å². The topological polar surface area (TPSA) is 77.1 Å². The number of nitrogens with zero attached hydrogens (tertiary/aromatic N) is 4. The molecule has 38 heavy (non-hydrogen) atoms. The summed E-state index contributed by atoms with van der Waals surface area (Å²) in [7, 11) is 0. The monoisotopic (exact) mass is 545 g/mol. The summed E-state index contributed by atoms with van der Waals surface area (Å²) in [5.74, 6) is 5.83. The molecule has 0 saturated carbocycles. The lowest BCUT2D eigenvalue weighted by Crippen LogP contribution is -2.45. The van der Waals surface area contributed by atoms with Crippen LogP contribution < -0.4 is 10.2 Å². The van der Waals surface area contributed by atoms with Gasteiger partial charge in [0.2, 0.25) is 0 Å². The summed E-state index contributed by atoms with van der Waals surface area (Å²) in [5, 5.41) is 19.1. The Labute approximate surface area is 231 Å². The second kappa shape index (κ2) is 11.3. The SMILES string of the molecule is Cc1c(C(=O)NN2CCCCC2)nn(-c2ccc(Cl)cc2Cl)c1-c1ccc(C#Cc2ccc[n+]([O-])c2)cc1. The molecule has 1 N–H and O–H groups in total. The lowest BCUT2D eigenvalue weighted by atomic mass is 10.0. The zero-order chi connectivity index (χ0) is 26.6. The summed E-state index contributed by atoms with van der Waals surface area (Å²) < 4.78 is 2.41. The van der Waals surface area contributed by atoms with Gasteiger partial charge in [0.25, 0.3) is 5.91 Å². The first-order chi connectivity index (χ1) is 18.4. The normalized spacial score (nSPS) is 13.6. The van der Waals surface area contributed by atoms with E-state index in [-0.39, 0.29) is 5.91 Å². The smallest absolute Gasteiger partial charge is 0.286 e. The molecule has 0 radical (unpaired) electrons. The van der Waals surface area contributed by atoms with Gasteiger partial charge < -0.3 is 5.21 Å². The first-order valence-corrected chi connectivity index (χ1v) is 13.1. The van der Waals surface area contributed by atoms with Crippen LogP contribution in [0.1, 0.15) is 46.4 Å². The Morgan fingerprint density at radius 2 is 1.76 bits per heavy atom. The molecular formula is C29H25Cl2N5O2. The Kier molecular flexibility index (Phi) is 7.66. The third-order valence-corrected chi connectivity index (χ3v) is 6.91. The van der Waals surface area contributed by atoms with Crippen LogP contribution >= 0.6 is 23.2 Å². The van der Waals surface area contributed by atoms with Gasteiger partial charge in [-0.2, -0.15) is 9.83 Å². The predicted octanol–water partition coefficient (Wildman–Crippen LogP) is 5.32. The number of carbonyl (C=O) groups is 1. The van der Waals surface area contributed by atoms with E-state index in [1.165, 1.54) is 18.8 Å². The van der Waals surface area contributed by atoms with Crippen molar-refractivity contribution in [1.29, 1.82) is 0 Å². The summed E-state index contributed by atoms with van der Waals surface area (Å²) in [4.78, 5) is 13.3. The molecule has 0 atom stereocenters. The maximum atomic E-state index is 13.3. The molecule has 1 aliphatic heterocycles. The fraction of sp³-hybridized carbons (Fsp3) is 0.207. The second-order valence-corrected chi connectivity index (χ2v) is 9.94. The van der Waals surface area contributed by atoms with Crippen molar-refractivity contribution in [3.8, 4) is 28.8 Å². The van der Waals surface area contributed by atoms with Gasteiger partial charge in [0.05, 0.1) is 22.0 Å². The molecule has 4 aromatic rings. The lowest BCUT2D eigenvalue weighted by molar-refractivity contribution is -0.605. The fourth-order valence-electron chi connectivity index (χ4n) is 4.46. The number of halogens is 2. The van der Waals surface area contributed by atoms with Gasteiger partial charge in [-0.05, 0) is 56.2 Å². The zero-order valence-corrected chi connectivity index (χ0v) is 22.3. The molecule has 5 rings (SSSR count). The number of nitrogens with one attached hydrogen (secondary N) is 1. The minimum Gasteiger partial charge on any atom is -0.619 e. The Balaban J connectivity index is 1.52. The molecule has 9 heteroatoms. The lowest BCUT2D eigenvalue weighted by Gasteiger charge is -2.26. The average molecular weight is 546 g/mol. The summed E-state index contributed by atoms with van der Waals surface area (Å²) in [5.41, 5.74) is 7.69. The molecule has 0 bridgehead atoms. The van der Waals surface area contributed by atoms with Crippen molar-refractivity contribution in [3.63, 3.8) is 0 Å². The molecule has 0 unspecified atom stereocenters. The summed E-state index contributed by atoms with van der Waals surface area (Å²) in [6.07, 6.45) is 6.12. The van der Waals surface area contributed by atoms with E-state index >= 15 is 0 Å². The number of rotatable bonds is 4. The van der Waals surface area contributed by atoms with E-state index in [9.17, 15) is 10.0 Å². The minimum absolute atomic E-state index is 0.254. The molecule has 1 saturated heterocycles. The number of pyridine rings is 1. The minimum atomic E-state index is -0.254. The Morgan fingerprint density at radius 3 is 2.47 bits per heavy atom. The molecule has 1 fully saturated rings. The quantitative estimate of drug-likeness (QED) is 0.214. The van der Waals surface area contributed by atoms with Gasteiger partial charge in [0.1, 0.15) is 0 Å². The molecule has 0 spiro atoms. The molecule has 192 valence electrons. The Morgan fingerprint density at radius 1 is 1.03 bits per heavy atom. The van der Waals surface area contributed by atoms with Gasteiger partial charge >= 0.3 is 0 Å². The van der Waals surface area contributed by atoms with Crippen LogP contribution in [0.5, 0.6) is 0 Å². The summed E-state index contributed by atoms with van der Waals surface area (Å²) in [6, 6.07) is 16.3. The largest absolute Gasteiger partial charge is 0.619 e. The zero-order valence-electron chi connectivity index (χ0n) is 20.7. The fourth-order valence-corrected chi connectivity index (χ4v) is 4.95. The maximum absolute atomic E-state index is 13.3. The second-order valence-electron chi connectivity index (χ2n) is 9.10. The van der Waals surface area contributed by atoms with Gasteiger partial charge in [0.15, 0.2) is 18.1 Å². The number of aromatic nitrogens is 3. The van der Waals surface area contributed by atoms with Crippen LogP contribution in [0.2, 0.25) is 10.0 Å². The van der Waals surface area contributed by atoms with Gasteiger partial charge in [-0.25, -0.2) is 9.69 Å². The highest BCUT2D eigenvalue weighted by molar-refractivity contribution is 6.35. The molecule has 1 amide bonds. The van der Waals surface area contributed by atoms with Crippen molar-refractivity contribution < 1.29 is 9.52 Å². The third-order valence-electron chi connectivity index (χ3n) is 6.38. The first-order valence-electron chi connectivity index (χ1n) is 12.3. The van der Waals surface area contributed by atoms with E-state index in [4.69, 9.17) is 28.3 Å². The molecule has 7 nitrogen and oxygen atoms in total. The van der Waals surface area contributed by atoms with Crippen molar-refractivity contribution in [1.82, 2.24) is 20.2 Å². The third kappa shape index (κ3) is 5.68. The number of piperidine rings is 1. The van der Waals surface area contributed by atoms with Crippen LogP contribution in [0, 0.1) is 24.0 Å². The number of amides is 1. The van der Waals surface area contributed by atoms with Gasteiger partial charge in [0, 0.05) is 40.9 Å². The molecular weight excluding hydrogens is 521 g/mol. The van der Waals surface area contributed by atoms with Crippen LogP contribution in [0.25, 0.3) is 16.9 Å². The van der Waals surface area contributed by atoms with Crippen molar-refractivity contribution in [2.24, 2.45) is 0 Å². The van der Waals surface area contributed by atoms with Crippen LogP contribution in [-0.4, -0.2) is 33.8 Å². The molecule has 0 aliphatic carbocycles. The van der Waals surface area contributed by atoms with Gasteiger partial charge in [-0.1, -0.05) is 53.6 Å². The van der Waals surface area contributed by atoms with Crippen molar-refractivity contribution in [2.45, 2.75) is 26.2 Å². The van der Waals surface area contributed by atoms with Gasteiger partial charge in [-0.15, -0.1) is 0 Å². The van der Waals surface area contributed by atoms with E-state index in [0.29, 0.717) is 27.0 Å². The Bertz CT molecular complexity index is 1550. The predicted molar refractivity (Wildman–Crippen MR) is 148 cm³/mol. The number of hydrazine groups is 1. The van der Waals surface area contributed by atoms with E-state index in [1.807, 2.05) is 36.2 Å². The van der Waals surface area contributed by atoms with Crippen LogP contribution in [0.4, 0.5) is 0 Å². The van der Waals surface area contributed by atoms with E-state index < -0.39 is 0 Å². The number of carbonyl (C=O) groups excluding carboxylic acids is 1. The molecule has 2 aromatic carbocycles. The first kappa shape index (κ1) is 25.8. The van der Waals surface area contributed by atoms with Crippen LogP contribution in [-0.2, 0) is 0 Å². The molecule has 2 aromatic heterocycles.